The maximum Gasteiger partial charge on any atom is 0.169 e. The Morgan fingerprint density at radius 1 is 1.29 bits per heavy atom. The van der Waals surface area contributed by atoms with Crippen molar-refractivity contribution in [1.29, 1.82) is 0 Å². The van der Waals surface area contributed by atoms with Crippen LogP contribution in [0.25, 0.3) is 0 Å². The molecule has 0 amide bonds. The molecule has 2 N–H and O–H groups in total. The summed E-state index contributed by atoms with van der Waals surface area (Å²) in [7, 11) is 5.28. The predicted octanol–water partition coefficient (Wildman–Crippen LogP) is -0.0914. The van der Waals surface area contributed by atoms with Crippen LogP contribution in [0.3, 0.4) is 0 Å². The van der Waals surface area contributed by atoms with Gasteiger partial charge in [-0.2, -0.15) is 0 Å². The molecule has 1 saturated heterocycles. The fourth-order valence-corrected chi connectivity index (χ4v) is 2.83. The quantitative estimate of drug-likeness (QED) is 0.761. The van der Waals surface area contributed by atoms with Crippen molar-refractivity contribution in [3.05, 3.63) is 23.8 Å². The van der Waals surface area contributed by atoms with E-state index in [1.165, 1.54) is 10.5 Å². The Hall–Kier alpha value is -1.53. The molecule has 0 unspecified atom stereocenters. The van der Waals surface area contributed by atoms with Crippen LogP contribution in [0.15, 0.2) is 18.2 Å². The van der Waals surface area contributed by atoms with E-state index in [1.807, 2.05) is 19.2 Å². The van der Waals surface area contributed by atoms with Crippen molar-refractivity contribution in [1.82, 2.24) is 10.2 Å². The van der Waals surface area contributed by atoms with Gasteiger partial charge < -0.3 is 24.6 Å². The first-order valence-corrected chi connectivity index (χ1v) is 7.60. The SMILES string of the molecule is CNC(=S)N1CC[NH+](Cc2cc(OC)ccc2OC)CC1. The van der Waals surface area contributed by atoms with Crippen molar-refractivity contribution in [2.24, 2.45) is 0 Å². The van der Waals surface area contributed by atoms with E-state index in [0.717, 1.165) is 49.3 Å². The molecule has 0 aromatic heterocycles. The Morgan fingerprint density at radius 3 is 2.57 bits per heavy atom. The van der Waals surface area contributed by atoms with Gasteiger partial charge in [0, 0.05) is 7.05 Å². The molecule has 1 heterocycles. The molecule has 0 saturated carbocycles. The van der Waals surface area contributed by atoms with Crippen molar-refractivity contribution >= 4 is 17.3 Å². The molecule has 116 valence electrons. The summed E-state index contributed by atoms with van der Waals surface area (Å²) < 4.78 is 10.8. The average molecular weight is 310 g/mol. The van der Waals surface area contributed by atoms with Gasteiger partial charge in [-0.1, -0.05) is 0 Å². The van der Waals surface area contributed by atoms with Gasteiger partial charge in [0.15, 0.2) is 5.11 Å². The lowest BCUT2D eigenvalue weighted by Gasteiger charge is -2.33. The summed E-state index contributed by atoms with van der Waals surface area (Å²) in [6, 6.07) is 5.97. The zero-order valence-corrected chi connectivity index (χ0v) is 13.8. The minimum atomic E-state index is 0.841. The fourth-order valence-electron chi connectivity index (χ4n) is 2.65. The van der Waals surface area contributed by atoms with Crippen LogP contribution >= 0.6 is 12.2 Å². The molecule has 21 heavy (non-hydrogen) atoms. The van der Waals surface area contributed by atoms with E-state index in [0.29, 0.717) is 0 Å². The molecular weight excluding hydrogens is 286 g/mol. The lowest BCUT2D eigenvalue weighted by Crippen LogP contribution is -3.13. The van der Waals surface area contributed by atoms with Crippen molar-refractivity contribution < 1.29 is 14.4 Å². The first kappa shape index (κ1) is 15.9. The van der Waals surface area contributed by atoms with Gasteiger partial charge in [0.2, 0.25) is 0 Å². The molecule has 6 heteroatoms. The van der Waals surface area contributed by atoms with Crippen LogP contribution in [-0.4, -0.2) is 57.5 Å². The van der Waals surface area contributed by atoms with Crippen LogP contribution in [0.2, 0.25) is 0 Å². The smallest absolute Gasteiger partial charge is 0.169 e. The third kappa shape index (κ3) is 3.98. The van der Waals surface area contributed by atoms with E-state index < -0.39 is 0 Å². The summed E-state index contributed by atoms with van der Waals surface area (Å²) in [5, 5.41) is 3.88. The fraction of sp³-hybridized carbons (Fsp3) is 0.533. The number of thiocarbonyl (C=S) groups is 1. The van der Waals surface area contributed by atoms with E-state index >= 15 is 0 Å². The highest BCUT2D eigenvalue weighted by molar-refractivity contribution is 7.80. The van der Waals surface area contributed by atoms with Crippen LogP contribution in [0.1, 0.15) is 5.56 Å². The summed E-state index contributed by atoms with van der Waals surface area (Å²) in [5.41, 5.74) is 1.19. The number of nitrogens with zero attached hydrogens (tertiary/aromatic N) is 1. The second-order valence-electron chi connectivity index (χ2n) is 5.15. The molecule has 0 bridgehead atoms. The van der Waals surface area contributed by atoms with E-state index in [4.69, 9.17) is 21.7 Å². The van der Waals surface area contributed by atoms with E-state index in [1.54, 1.807) is 14.2 Å². The van der Waals surface area contributed by atoms with Gasteiger partial charge >= 0.3 is 0 Å². The zero-order chi connectivity index (χ0) is 15.2. The van der Waals surface area contributed by atoms with Gasteiger partial charge in [0.1, 0.15) is 18.0 Å². The number of rotatable bonds is 4. The number of benzene rings is 1. The second-order valence-corrected chi connectivity index (χ2v) is 5.53. The lowest BCUT2D eigenvalue weighted by atomic mass is 10.1. The van der Waals surface area contributed by atoms with Crippen LogP contribution < -0.4 is 19.7 Å². The number of quaternary nitrogens is 1. The number of ether oxygens (including phenoxy) is 2. The van der Waals surface area contributed by atoms with Crippen LogP contribution in [-0.2, 0) is 6.54 Å². The topological polar surface area (TPSA) is 38.2 Å². The highest BCUT2D eigenvalue weighted by atomic mass is 32.1. The number of piperazine rings is 1. The lowest BCUT2D eigenvalue weighted by molar-refractivity contribution is -0.917. The van der Waals surface area contributed by atoms with Gasteiger partial charge in [0.25, 0.3) is 0 Å². The van der Waals surface area contributed by atoms with Gasteiger partial charge in [-0.15, -0.1) is 0 Å². The summed E-state index contributed by atoms with van der Waals surface area (Å²) in [6.45, 7) is 5.06. The zero-order valence-electron chi connectivity index (χ0n) is 12.9. The maximum absolute atomic E-state index is 5.45. The monoisotopic (exact) mass is 310 g/mol. The molecule has 5 nitrogen and oxygen atoms in total. The third-order valence-corrected chi connectivity index (χ3v) is 4.36. The largest absolute Gasteiger partial charge is 0.497 e. The van der Waals surface area contributed by atoms with Gasteiger partial charge in [-0.3, -0.25) is 0 Å². The molecule has 1 aliphatic heterocycles. The standard InChI is InChI=1S/C15H23N3O2S/c1-16-15(21)18-8-6-17(7-9-18)11-12-10-13(19-2)4-5-14(12)20-3/h4-5,10H,6-9,11H2,1-3H3,(H,16,21)/p+1. The highest BCUT2D eigenvalue weighted by Gasteiger charge is 2.22. The Bertz CT molecular complexity index is 488. The maximum atomic E-state index is 5.45. The second kappa shape index (κ2) is 7.47. The molecular formula is C15H24N3O2S+. The van der Waals surface area contributed by atoms with Gasteiger partial charge in [0.05, 0.1) is 46.0 Å². The van der Waals surface area contributed by atoms with Crippen LogP contribution in [0, 0.1) is 0 Å². The summed E-state index contributed by atoms with van der Waals surface area (Å²) >= 11 is 5.28. The normalized spacial score (nSPS) is 15.7. The Balaban J connectivity index is 1.98. The Morgan fingerprint density at radius 2 is 2.00 bits per heavy atom. The number of nitrogens with one attached hydrogen (secondary N) is 2. The molecule has 0 atom stereocenters. The highest BCUT2D eigenvalue weighted by Crippen LogP contribution is 2.23. The number of methoxy groups -OCH3 is 2. The average Bonchev–Trinajstić information content (AvgIpc) is 2.54. The number of hydrogen-bond donors (Lipinski definition) is 2. The van der Waals surface area contributed by atoms with E-state index in [9.17, 15) is 0 Å². The van der Waals surface area contributed by atoms with Crippen molar-refractivity contribution in [3.63, 3.8) is 0 Å². The van der Waals surface area contributed by atoms with Crippen LogP contribution in [0.4, 0.5) is 0 Å². The minimum Gasteiger partial charge on any atom is -0.497 e. The molecule has 0 radical (unpaired) electrons. The van der Waals surface area contributed by atoms with Crippen molar-refractivity contribution in [3.8, 4) is 11.5 Å². The first-order chi connectivity index (χ1) is 10.2. The molecule has 0 aliphatic carbocycles. The van der Waals surface area contributed by atoms with Crippen molar-refractivity contribution in [2.45, 2.75) is 6.54 Å². The van der Waals surface area contributed by atoms with Gasteiger partial charge in [-0.25, -0.2) is 0 Å². The third-order valence-electron chi connectivity index (χ3n) is 3.90. The molecule has 0 spiro atoms. The first-order valence-electron chi connectivity index (χ1n) is 7.19. The number of hydrogen-bond acceptors (Lipinski definition) is 3. The molecule has 1 fully saturated rings. The van der Waals surface area contributed by atoms with Crippen molar-refractivity contribution in [2.75, 3.05) is 47.4 Å². The molecule has 1 aromatic rings. The minimum absolute atomic E-state index is 0.841. The Labute approximate surface area is 131 Å². The summed E-state index contributed by atoms with van der Waals surface area (Å²) in [4.78, 5) is 3.76. The molecule has 1 aliphatic rings. The van der Waals surface area contributed by atoms with Crippen LogP contribution in [0.5, 0.6) is 11.5 Å². The predicted molar refractivity (Wildman–Crippen MR) is 87.2 cm³/mol. The molecule has 1 aromatic carbocycles. The summed E-state index contributed by atoms with van der Waals surface area (Å²) in [5.74, 6) is 1.80. The van der Waals surface area contributed by atoms with E-state index in [2.05, 4.69) is 16.3 Å². The summed E-state index contributed by atoms with van der Waals surface area (Å²) in [6.07, 6.45) is 0. The van der Waals surface area contributed by atoms with Gasteiger partial charge in [-0.05, 0) is 30.4 Å². The van der Waals surface area contributed by atoms with E-state index in [-0.39, 0.29) is 0 Å². The Kier molecular flexibility index (Phi) is 5.64. The molecule has 2 rings (SSSR count).